The molecule has 1 saturated heterocycles. The van der Waals surface area contributed by atoms with Crippen LogP contribution in [0, 0.1) is 17.0 Å². The van der Waals surface area contributed by atoms with E-state index >= 15 is 0 Å². The van der Waals surface area contributed by atoms with Crippen molar-refractivity contribution in [3.05, 3.63) is 70.1 Å². The van der Waals surface area contributed by atoms with Gasteiger partial charge in [-0.15, -0.1) is 0 Å². The number of aromatic nitrogens is 2. The Morgan fingerprint density at radius 1 is 1.09 bits per heavy atom. The summed E-state index contributed by atoms with van der Waals surface area (Å²) < 4.78 is 5.42. The zero-order chi connectivity index (χ0) is 23.9. The number of carbonyl (C=O) groups is 1. The van der Waals surface area contributed by atoms with Crippen molar-refractivity contribution in [2.75, 3.05) is 38.0 Å². The topological polar surface area (TPSA) is 118 Å². The number of amides is 1. The molecule has 1 amide bonds. The van der Waals surface area contributed by atoms with E-state index in [-0.39, 0.29) is 11.6 Å². The SMILES string of the molecule is Cc1ccc(-c2noc(CN3CCN(C(=O)CCCNc4ccc([N+](=O)[O-])cc4)CC3)n2)cc1. The second-order valence-electron chi connectivity index (χ2n) is 8.37. The third-order valence-electron chi connectivity index (χ3n) is 5.84. The number of piperazine rings is 1. The molecule has 1 aliphatic rings. The molecule has 4 rings (SSSR count). The van der Waals surface area contributed by atoms with Crippen LogP contribution in [0.1, 0.15) is 24.3 Å². The van der Waals surface area contributed by atoms with Crippen LogP contribution in [0.4, 0.5) is 11.4 Å². The van der Waals surface area contributed by atoms with E-state index in [0.29, 0.717) is 50.7 Å². The summed E-state index contributed by atoms with van der Waals surface area (Å²) in [7, 11) is 0. The maximum atomic E-state index is 12.5. The lowest BCUT2D eigenvalue weighted by atomic mass is 10.1. The highest BCUT2D eigenvalue weighted by Crippen LogP contribution is 2.18. The number of nitro groups is 1. The Bertz CT molecular complexity index is 1110. The first-order valence-electron chi connectivity index (χ1n) is 11.4. The highest BCUT2D eigenvalue weighted by atomic mass is 16.6. The molecule has 0 atom stereocenters. The number of nitrogens with one attached hydrogen (secondary N) is 1. The van der Waals surface area contributed by atoms with Crippen molar-refractivity contribution in [2.45, 2.75) is 26.3 Å². The average molecular weight is 465 g/mol. The number of nitrogens with zero attached hydrogens (tertiary/aromatic N) is 5. The van der Waals surface area contributed by atoms with Gasteiger partial charge < -0.3 is 14.7 Å². The third kappa shape index (κ3) is 6.16. The van der Waals surface area contributed by atoms with E-state index in [0.717, 1.165) is 24.3 Å². The zero-order valence-corrected chi connectivity index (χ0v) is 19.1. The number of hydrogen-bond donors (Lipinski definition) is 1. The van der Waals surface area contributed by atoms with Crippen molar-refractivity contribution in [2.24, 2.45) is 0 Å². The molecule has 0 radical (unpaired) electrons. The lowest BCUT2D eigenvalue weighted by Crippen LogP contribution is -2.48. The Kier molecular flexibility index (Phi) is 7.48. The van der Waals surface area contributed by atoms with Crippen LogP contribution < -0.4 is 5.32 Å². The third-order valence-corrected chi connectivity index (χ3v) is 5.84. The fourth-order valence-corrected chi connectivity index (χ4v) is 3.82. The summed E-state index contributed by atoms with van der Waals surface area (Å²) in [5.41, 5.74) is 2.98. The van der Waals surface area contributed by atoms with Crippen LogP contribution in [0.15, 0.2) is 53.1 Å². The molecular weight excluding hydrogens is 436 g/mol. The quantitative estimate of drug-likeness (QED) is 0.290. The van der Waals surface area contributed by atoms with Gasteiger partial charge in [-0.05, 0) is 25.5 Å². The Morgan fingerprint density at radius 2 is 1.79 bits per heavy atom. The van der Waals surface area contributed by atoms with Crippen molar-refractivity contribution in [1.82, 2.24) is 19.9 Å². The number of rotatable bonds is 9. The second kappa shape index (κ2) is 10.9. The summed E-state index contributed by atoms with van der Waals surface area (Å²) in [6.07, 6.45) is 1.16. The Hall–Kier alpha value is -3.79. The van der Waals surface area contributed by atoms with Gasteiger partial charge in [0.15, 0.2) is 0 Å². The maximum absolute atomic E-state index is 12.5. The van der Waals surface area contributed by atoms with Crippen LogP contribution in [0.25, 0.3) is 11.4 Å². The van der Waals surface area contributed by atoms with Crippen molar-refractivity contribution in [3.8, 4) is 11.4 Å². The molecular formula is C24H28N6O4. The number of carbonyl (C=O) groups excluding carboxylic acids is 1. The van der Waals surface area contributed by atoms with Crippen LogP contribution in [-0.2, 0) is 11.3 Å². The Balaban J connectivity index is 1.15. The molecule has 0 unspecified atom stereocenters. The molecule has 1 fully saturated rings. The smallest absolute Gasteiger partial charge is 0.269 e. The van der Waals surface area contributed by atoms with Gasteiger partial charge in [0.25, 0.3) is 5.69 Å². The zero-order valence-electron chi connectivity index (χ0n) is 19.1. The molecule has 34 heavy (non-hydrogen) atoms. The van der Waals surface area contributed by atoms with E-state index in [1.54, 1.807) is 12.1 Å². The number of aryl methyl sites for hydroxylation is 1. The van der Waals surface area contributed by atoms with Crippen LogP contribution in [0.5, 0.6) is 0 Å². The summed E-state index contributed by atoms with van der Waals surface area (Å²) in [6, 6.07) is 14.3. The van der Waals surface area contributed by atoms with Crippen LogP contribution in [-0.4, -0.2) is 63.5 Å². The average Bonchev–Trinajstić information content (AvgIpc) is 3.31. The highest BCUT2D eigenvalue weighted by molar-refractivity contribution is 5.76. The minimum Gasteiger partial charge on any atom is -0.385 e. The first-order chi connectivity index (χ1) is 16.5. The highest BCUT2D eigenvalue weighted by Gasteiger charge is 2.22. The molecule has 1 aromatic heterocycles. The minimum atomic E-state index is -0.424. The Labute approximate surface area is 197 Å². The van der Waals surface area contributed by atoms with Gasteiger partial charge in [0.05, 0.1) is 11.5 Å². The number of anilines is 1. The molecule has 0 bridgehead atoms. The van der Waals surface area contributed by atoms with Crippen LogP contribution in [0.2, 0.25) is 0 Å². The predicted molar refractivity (Wildman–Crippen MR) is 127 cm³/mol. The Morgan fingerprint density at radius 3 is 2.47 bits per heavy atom. The normalized spacial score (nSPS) is 14.2. The van der Waals surface area contributed by atoms with E-state index < -0.39 is 4.92 Å². The largest absolute Gasteiger partial charge is 0.385 e. The summed E-state index contributed by atoms with van der Waals surface area (Å²) in [6.45, 7) is 6.10. The maximum Gasteiger partial charge on any atom is 0.269 e. The molecule has 0 spiro atoms. The van der Waals surface area contributed by atoms with Gasteiger partial charge in [0.1, 0.15) is 0 Å². The fraction of sp³-hybridized carbons (Fsp3) is 0.375. The molecule has 1 aliphatic heterocycles. The van der Waals surface area contributed by atoms with E-state index in [2.05, 4.69) is 20.4 Å². The van der Waals surface area contributed by atoms with Gasteiger partial charge in [-0.25, -0.2) is 0 Å². The second-order valence-corrected chi connectivity index (χ2v) is 8.37. The van der Waals surface area contributed by atoms with Crippen LogP contribution >= 0.6 is 0 Å². The number of hydrogen-bond acceptors (Lipinski definition) is 8. The minimum absolute atomic E-state index is 0.0608. The van der Waals surface area contributed by atoms with Gasteiger partial charge in [-0.1, -0.05) is 35.0 Å². The van der Waals surface area contributed by atoms with E-state index in [1.165, 1.54) is 17.7 Å². The summed E-state index contributed by atoms with van der Waals surface area (Å²) in [5.74, 6) is 1.31. The molecule has 178 valence electrons. The van der Waals surface area contributed by atoms with Crippen molar-refractivity contribution in [3.63, 3.8) is 0 Å². The molecule has 3 aromatic rings. The van der Waals surface area contributed by atoms with E-state index in [4.69, 9.17) is 4.52 Å². The number of benzene rings is 2. The summed E-state index contributed by atoms with van der Waals surface area (Å²) in [5, 5.41) is 18.0. The van der Waals surface area contributed by atoms with E-state index in [1.807, 2.05) is 36.1 Å². The summed E-state index contributed by atoms with van der Waals surface area (Å²) >= 11 is 0. The molecule has 10 nitrogen and oxygen atoms in total. The monoisotopic (exact) mass is 464 g/mol. The van der Waals surface area contributed by atoms with Gasteiger partial charge in [0.2, 0.25) is 17.6 Å². The van der Waals surface area contributed by atoms with Gasteiger partial charge in [-0.3, -0.25) is 19.8 Å². The van der Waals surface area contributed by atoms with E-state index in [9.17, 15) is 14.9 Å². The number of nitro benzene ring substituents is 1. The van der Waals surface area contributed by atoms with Gasteiger partial charge >= 0.3 is 0 Å². The van der Waals surface area contributed by atoms with Gasteiger partial charge in [-0.2, -0.15) is 4.98 Å². The van der Waals surface area contributed by atoms with Crippen molar-refractivity contribution in [1.29, 1.82) is 0 Å². The molecule has 2 aromatic carbocycles. The predicted octanol–water partition coefficient (Wildman–Crippen LogP) is 3.49. The summed E-state index contributed by atoms with van der Waals surface area (Å²) in [4.78, 5) is 31.4. The fourth-order valence-electron chi connectivity index (χ4n) is 3.82. The molecule has 0 aliphatic carbocycles. The molecule has 0 saturated carbocycles. The molecule has 10 heteroatoms. The first kappa shape index (κ1) is 23.4. The lowest BCUT2D eigenvalue weighted by Gasteiger charge is -2.34. The first-order valence-corrected chi connectivity index (χ1v) is 11.4. The van der Waals surface area contributed by atoms with Crippen molar-refractivity contribution >= 4 is 17.3 Å². The van der Waals surface area contributed by atoms with Crippen LogP contribution in [0.3, 0.4) is 0 Å². The molecule has 1 N–H and O–H groups in total. The standard InChI is InChI=1S/C24H28N6O4/c1-18-4-6-19(7-5-18)24-26-22(34-27-24)17-28-13-15-29(16-14-28)23(31)3-2-12-25-20-8-10-21(11-9-20)30(32)33/h4-11,25H,2-3,12-17H2,1H3. The molecule has 2 heterocycles. The lowest BCUT2D eigenvalue weighted by molar-refractivity contribution is -0.384. The van der Waals surface area contributed by atoms with Crippen molar-refractivity contribution < 1.29 is 14.2 Å². The number of non-ortho nitro benzene ring substituents is 1. The van der Waals surface area contributed by atoms with Gasteiger partial charge in [0, 0.05) is 62.5 Å².